The van der Waals surface area contributed by atoms with Crippen LogP contribution in [0.5, 0.6) is 5.75 Å². The van der Waals surface area contributed by atoms with Crippen molar-refractivity contribution >= 4 is 0 Å². The normalized spacial score (nSPS) is 11.2. The van der Waals surface area contributed by atoms with Crippen molar-refractivity contribution in [1.82, 2.24) is 0 Å². The molecule has 0 amide bonds. The predicted octanol–water partition coefficient (Wildman–Crippen LogP) is 6.78. The number of hydrogen-bond donors (Lipinski definition) is 0. The van der Waals surface area contributed by atoms with E-state index in [4.69, 9.17) is 0 Å². The molecule has 3 aromatic rings. The SMILES string of the molecule is CCc1ccc(-c2ccc(-c3ccc(OCC(F)F)c(F)c3F)c(F)c2F)cc1. The van der Waals surface area contributed by atoms with Crippen molar-refractivity contribution < 1.29 is 31.1 Å². The molecule has 0 radical (unpaired) electrons. The van der Waals surface area contributed by atoms with Gasteiger partial charge in [-0.25, -0.2) is 22.0 Å². The molecular weight excluding hydrogens is 394 g/mol. The molecule has 0 saturated carbocycles. The second-order valence-corrected chi connectivity index (χ2v) is 6.28. The molecule has 152 valence electrons. The molecule has 0 aliphatic heterocycles. The first kappa shape index (κ1) is 20.8. The number of aryl methyl sites for hydroxylation is 1. The van der Waals surface area contributed by atoms with E-state index < -0.39 is 53.2 Å². The second kappa shape index (κ2) is 8.59. The summed E-state index contributed by atoms with van der Waals surface area (Å²) in [5.74, 6) is -6.36. The van der Waals surface area contributed by atoms with Gasteiger partial charge in [-0.05, 0) is 29.7 Å². The minimum Gasteiger partial charge on any atom is -0.484 e. The number of hydrogen-bond acceptors (Lipinski definition) is 1. The Morgan fingerprint density at radius 2 is 1.21 bits per heavy atom. The van der Waals surface area contributed by atoms with Gasteiger partial charge in [0, 0.05) is 16.7 Å². The van der Waals surface area contributed by atoms with Gasteiger partial charge in [-0.15, -0.1) is 0 Å². The number of halogens is 6. The molecule has 1 nitrogen and oxygen atoms in total. The molecule has 0 saturated heterocycles. The van der Waals surface area contributed by atoms with Gasteiger partial charge in [0.2, 0.25) is 5.82 Å². The van der Waals surface area contributed by atoms with E-state index in [1.165, 1.54) is 6.07 Å². The average molecular weight is 410 g/mol. The predicted molar refractivity (Wildman–Crippen MR) is 98.0 cm³/mol. The average Bonchev–Trinajstić information content (AvgIpc) is 2.71. The monoisotopic (exact) mass is 410 g/mol. The van der Waals surface area contributed by atoms with Crippen molar-refractivity contribution in [2.75, 3.05) is 6.61 Å². The molecule has 0 heterocycles. The maximum Gasteiger partial charge on any atom is 0.272 e. The van der Waals surface area contributed by atoms with Crippen molar-refractivity contribution in [2.24, 2.45) is 0 Å². The third-order valence-corrected chi connectivity index (χ3v) is 4.46. The number of benzene rings is 3. The highest BCUT2D eigenvalue weighted by Gasteiger charge is 2.22. The highest BCUT2D eigenvalue weighted by Crippen LogP contribution is 2.35. The lowest BCUT2D eigenvalue weighted by molar-refractivity contribution is 0.0795. The van der Waals surface area contributed by atoms with Crippen LogP contribution in [-0.4, -0.2) is 13.0 Å². The molecule has 0 N–H and O–H groups in total. The lowest BCUT2D eigenvalue weighted by Gasteiger charge is -2.12. The second-order valence-electron chi connectivity index (χ2n) is 6.28. The number of rotatable bonds is 6. The first-order valence-corrected chi connectivity index (χ1v) is 8.80. The molecule has 0 bridgehead atoms. The van der Waals surface area contributed by atoms with Crippen LogP contribution in [0.1, 0.15) is 12.5 Å². The van der Waals surface area contributed by atoms with Gasteiger partial charge in [0.15, 0.2) is 23.2 Å². The Morgan fingerprint density at radius 1 is 0.690 bits per heavy atom. The van der Waals surface area contributed by atoms with Gasteiger partial charge in [0.25, 0.3) is 6.43 Å². The van der Waals surface area contributed by atoms with Crippen molar-refractivity contribution in [3.8, 4) is 28.0 Å². The third kappa shape index (κ3) is 4.23. The van der Waals surface area contributed by atoms with Crippen molar-refractivity contribution in [2.45, 2.75) is 19.8 Å². The topological polar surface area (TPSA) is 9.23 Å². The van der Waals surface area contributed by atoms with Crippen LogP contribution in [0.2, 0.25) is 0 Å². The maximum absolute atomic E-state index is 14.7. The first-order chi connectivity index (χ1) is 13.8. The van der Waals surface area contributed by atoms with E-state index in [0.717, 1.165) is 30.2 Å². The van der Waals surface area contributed by atoms with Crippen LogP contribution in [0.4, 0.5) is 26.3 Å². The van der Waals surface area contributed by atoms with E-state index in [1.807, 2.05) is 6.92 Å². The molecule has 0 atom stereocenters. The van der Waals surface area contributed by atoms with Crippen LogP contribution in [-0.2, 0) is 6.42 Å². The highest BCUT2D eigenvalue weighted by molar-refractivity contribution is 5.72. The van der Waals surface area contributed by atoms with Crippen LogP contribution in [0.3, 0.4) is 0 Å². The number of ether oxygens (including phenoxy) is 1. The van der Waals surface area contributed by atoms with E-state index in [0.29, 0.717) is 5.56 Å². The minimum atomic E-state index is -2.87. The smallest absolute Gasteiger partial charge is 0.272 e. The first-order valence-electron chi connectivity index (χ1n) is 8.80. The Morgan fingerprint density at radius 3 is 1.79 bits per heavy atom. The van der Waals surface area contributed by atoms with Crippen LogP contribution in [0.25, 0.3) is 22.3 Å². The summed E-state index contributed by atoms with van der Waals surface area (Å²) in [6.45, 7) is 0.839. The summed E-state index contributed by atoms with van der Waals surface area (Å²) < 4.78 is 86.6. The van der Waals surface area contributed by atoms with Crippen molar-refractivity contribution in [1.29, 1.82) is 0 Å². The molecule has 0 aliphatic carbocycles. The lowest BCUT2D eigenvalue weighted by atomic mass is 9.97. The lowest BCUT2D eigenvalue weighted by Crippen LogP contribution is -2.09. The highest BCUT2D eigenvalue weighted by atomic mass is 19.3. The maximum atomic E-state index is 14.7. The Labute approximate surface area is 163 Å². The zero-order valence-corrected chi connectivity index (χ0v) is 15.3. The van der Waals surface area contributed by atoms with E-state index in [2.05, 4.69) is 4.74 Å². The van der Waals surface area contributed by atoms with E-state index in [-0.39, 0.29) is 5.56 Å². The molecule has 0 fully saturated rings. The largest absolute Gasteiger partial charge is 0.484 e. The van der Waals surface area contributed by atoms with Gasteiger partial charge < -0.3 is 4.74 Å². The van der Waals surface area contributed by atoms with Gasteiger partial charge in [0.1, 0.15) is 6.61 Å². The molecule has 0 unspecified atom stereocenters. The third-order valence-electron chi connectivity index (χ3n) is 4.46. The molecule has 0 aliphatic rings. The quantitative estimate of drug-likeness (QED) is 0.407. The van der Waals surface area contributed by atoms with E-state index in [9.17, 15) is 26.3 Å². The molecule has 7 heteroatoms. The standard InChI is InChI=1S/C22H16F6O/c1-2-12-3-5-13(6-4-12)14-7-8-15(20(26)19(14)25)16-9-10-17(22(28)21(16)27)29-11-18(23)24/h3-10,18H,2,11H2,1H3. The van der Waals surface area contributed by atoms with E-state index >= 15 is 0 Å². The fourth-order valence-electron chi connectivity index (χ4n) is 2.90. The van der Waals surface area contributed by atoms with Crippen LogP contribution in [0, 0.1) is 23.3 Å². The summed E-state index contributed by atoms with van der Waals surface area (Å²) in [4.78, 5) is 0. The Kier molecular flexibility index (Phi) is 6.15. The van der Waals surface area contributed by atoms with Crippen LogP contribution >= 0.6 is 0 Å². The molecule has 29 heavy (non-hydrogen) atoms. The summed E-state index contributed by atoms with van der Waals surface area (Å²) in [6, 6.07) is 11.1. The fraction of sp³-hybridized carbons (Fsp3) is 0.182. The van der Waals surface area contributed by atoms with Crippen LogP contribution in [0.15, 0.2) is 48.5 Å². The van der Waals surface area contributed by atoms with Crippen LogP contribution < -0.4 is 4.74 Å². The molecule has 3 rings (SSSR count). The Balaban J connectivity index is 1.99. The minimum absolute atomic E-state index is 0.0216. The zero-order chi connectivity index (χ0) is 21.1. The molecule has 3 aromatic carbocycles. The zero-order valence-electron chi connectivity index (χ0n) is 15.3. The Hall–Kier alpha value is -2.96. The Bertz CT molecular complexity index is 1010. The molecular formula is C22H16F6O. The fourth-order valence-corrected chi connectivity index (χ4v) is 2.90. The molecule has 0 spiro atoms. The van der Waals surface area contributed by atoms with Gasteiger partial charge >= 0.3 is 0 Å². The van der Waals surface area contributed by atoms with Gasteiger partial charge in [-0.1, -0.05) is 43.3 Å². The summed E-state index contributed by atoms with van der Waals surface area (Å²) in [6.07, 6.45) is -2.08. The van der Waals surface area contributed by atoms with Gasteiger partial charge in [-0.3, -0.25) is 0 Å². The summed E-state index contributed by atoms with van der Waals surface area (Å²) >= 11 is 0. The number of alkyl halides is 2. The van der Waals surface area contributed by atoms with Crippen molar-refractivity contribution in [3.63, 3.8) is 0 Å². The van der Waals surface area contributed by atoms with Gasteiger partial charge in [-0.2, -0.15) is 4.39 Å². The summed E-state index contributed by atoms with van der Waals surface area (Å²) in [5.41, 5.74) is 0.404. The summed E-state index contributed by atoms with van der Waals surface area (Å²) in [5, 5.41) is 0. The molecule has 0 aromatic heterocycles. The van der Waals surface area contributed by atoms with Gasteiger partial charge in [0.05, 0.1) is 0 Å². The summed E-state index contributed by atoms with van der Waals surface area (Å²) in [7, 11) is 0. The van der Waals surface area contributed by atoms with Crippen molar-refractivity contribution in [3.05, 3.63) is 77.4 Å². The van der Waals surface area contributed by atoms with E-state index in [1.54, 1.807) is 24.3 Å².